The summed E-state index contributed by atoms with van der Waals surface area (Å²) in [6, 6.07) is 2.52. The van der Waals surface area contributed by atoms with Crippen LogP contribution in [0.3, 0.4) is 0 Å². The molecular weight excluding hydrogens is 407 g/mol. The molecule has 0 atom stereocenters. The van der Waals surface area contributed by atoms with Crippen LogP contribution in [0.15, 0.2) is 29.1 Å². The van der Waals surface area contributed by atoms with Gasteiger partial charge in [-0.25, -0.2) is 9.67 Å². The number of rotatable bonds is 4. The van der Waals surface area contributed by atoms with Gasteiger partial charge in [0, 0.05) is 35.0 Å². The van der Waals surface area contributed by atoms with E-state index in [-0.39, 0.29) is 0 Å². The summed E-state index contributed by atoms with van der Waals surface area (Å²) in [5.41, 5.74) is 1.12. The molecule has 2 rings (SSSR count). The second-order valence-electron chi connectivity index (χ2n) is 4.27. The van der Waals surface area contributed by atoms with Crippen molar-refractivity contribution in [3.05, 3.63) is 38.3 Å². The third-order valence-electron chi connectivity index (χ3n) is 2.38. The molecule has 2 aromatic rings. The molecule has 0 aliphatic heterocycles. The van der Waals surface area contributed by atoms with E-state index in [4.69, 9.17) is 0 Å². The lowest BCUT2D eigenvalue weighted by molar-refractivity contribution is 0.584. The fourth-order valence-corrected chi connectivity index (χ4v) is 2.31. The van der Waals surface area contributed by atoms with Crippen molar-refractivity contribution in [1.29, 1.82) is 0 Å². The van der Waals surface area contributed by atoms with Crippen molar-refractivity contribution < 1.29 is 0 Å². The van der Waals surface area contributed by atoms with Crippen molar-refractivity contribution in [1.82, 2.24) is 20.1 Å². The molecule has 0 unspecified atom stereocenters. The molecule has 0 amide bonds. The smallest absolute Gasteiger partial charge is 0.157 e. The molecule has 0 saturated heterocycles. The van der Waals surface area contributed by atoms with Crippen LogP contribution in [0, 0.1) is 3.57 Å². The number of nitrogens with zero attached hydrogens (tertiary/aromatic N) is 3. The molecule has 2 aromatic heterocycles. The van der Waals surface area contributed by atoms with Gasteiger partial charge in [-0.2, -0.15) is 5.10 Å². The van der Waals surface area contributed by atoms with Crippen molar-refractivity contribution in [3.63, 3.8) is 0 Å². The van der Waals surface area contributed by atoms with Crippen molar-refractivity contribution in [2.75, 3.05) is 0 Å². The number of nitrogens with one attached hydrogen (secondary N) is 1. The highest BCUT2D eigenvalue weighted by Gasteiger charge is 2.09. The second-order valence-corrected chi connectivity index (χ2v) is 6.44. The summed E-state index contributed by atoms with van der Waals surface area (Å²) in [5, 5.41) is 7.71. The topological polar surface area (TPSA) is 42.7 Å². The average Bonchev–Trinajstić information content (AvgIpc) is 2.73. The van der Waals surface area contributed by atoms with Crippen LogP contribution in [0.1, 0.15) is 19.4 Å². The maximum Gasteiger partial charge on any atom is 0.157 e. The Morgan fingerprint density at radius 2 is 2.22 bits per heavy atom. The van der Waals surface area contributed by atoms with Gasteiger partial charge in [0.1, 0.15) is 0 Å². The monoisotopic (exact) mass is 420 g/mol. The Kier molecular flexibility index (Phi) is 4.74. The van der Waals surface area contributed by atoms with Crippen LogP contribution in [0.25, 0.3) is 5.82 Å². The van der Waals surface area contributed by atoms with E-state index >= 15 is 0 Å². The van der Waals surface area contributed by atoms with Gasteiger partial charge in [0.15, 0.2) is 5.82 Å². The molecule has 0 radical (unpaired) electrons. The third-order valence-corrected chi connectivity index (χ3v) is 3.37. The summed E-state index contributed by atoms with van der Waals surface area (Å²) in [6.45, 7) is 5.03. The van der Waals surface area contributed by atoms with Gasteiger partial charge in [0.05, 0.1) is 9.77 Å². The number of halogens is 2. The molecule has 0 spiro atoms. The summed E-state index contributed by atoms with van der Waals surface area (Å²) in [5.74, 6) is 0.870. The molecular formula is C12H14BrIN4. The predicted octanol–water partition coefficient (Wildman–Crippen LogP) is 3.13. The van der Waals surface area contributed by atoms with E-state index in [9.17, 15) is 0 Å². The molecule has 4 nitrogen and oxygen atoms in total. The average molecular weight is 421 g/mol. The van der Waals surface area contributed by atoms with Crippen LogP contribution in [0.2, 0.25) is 0 Å². The zero-order chi connectivity index (χ0) is 13.1. The fourth-order valence-electron chi connectivity index (χ4n) is 1.54. The molecule has 6 heteroatoms. The Balaban J connectivity index is 2.34. The van der Waals surface area contributed by atoms with Crippen LogP contribution in [0.4, 0.5) is 0 Å². The first kappa shape index (κ1) is 14.0. The van der Waals surface area contributed by atoms with Gasteiger partial charge < -0.3 is 5.32 Å². The maximum absolute atomic E-state index is 4.45. The molecule has 0 aromatic carbocycles. The quantitative estimate of drug-likeness (QED) is 0.772. The van der Waals surface area contributed by atoms with Gasteiger partial charge in [0.25, 0.3) is 0 Å². The molecule has 0 aliphatic carbocycles. The van der Waals surface area contributed by atoms with Crippen molar-refractivity contribution in [3.8, 4) is 5.82 Å². The predicted molar refractivity (Wildman–Crippen MR) is 83.8 cm³/mol. The molecule has 0 bridgehead atoms. The zero-order valence-electron chi connectivity index (χ0n) is 10.2. The van der Waals surface area contributed by atoms with E-state index in [1.807, 2.05) is 17.1 Å². The molecule has 0 saturated carbocycles. The summed E-state index contributed by atoms with van der Waals surface area (Å²) in [4.78, 5) is 4.45. The Bertz CT molecular complexity index is 539. The molecule has 18 heavy (non-hydrogen) atoms. The lowest BCUT2D eigenvalue weighted by atomic mass is 10.2. The normalized spacial score (nSPS) is 11.2. The third kappa shape index (κ3) is 3.52. The molecule has 0 aliphatic rings. The van der Waals surface area contributed by atoms with E-state index < -0.39 is 0 Å². The lowest BCUT2D eigenvalue weighted by Crippen LogP contribution is -2.23. The molecule has 0 fully saturated rings. The first-order valence-electron chi connectivity index (χ1n) is 5.64. The second kappa shape index (κ2) is 6.12. The standard InChI is InChI=1S/C12H14BrIN4/c1-8(2)15-4-9-3-10(13)5-16-12(9)18-7-11(14)6-17-18/h3,5-8,15H,4H2,1-2H3. The first-order chi connectivity index (χ1) is 8.56. The zero-order valence-corrected chi connectivity index (χ0v) is 13.9. The number of hydrogen-bond acceptors (Lipinski definition) is 3. The van der Waals surface area contributed by atoms with Gasteiger partial charge in [-0.05, 0) is 44.6 Å². The molecule has 2 heterocycles. The summed E-state index contributed by atoms with van der Waals surface area (Å²) in [6.07, 6.45) is 5.59. The van der Waals surface area contributed by atoms with E-state index in [1.165, 1.54) is 0 Å². The highest BCUT2D eigenvalue weighted by atomic mass is 127. The minimum absolute atomic E-state index is 0.439. The van der Waals surface area contributed by atoms with Gasteiger partial charge >= 0.3 is 0 Å². The van der Waals surface area contributed by atoms with Crippen LogP contribution < -0.4 is 5.32 Å². The van der Waals surface area contributed by atoms with Gasteiger partial charge in [-0.1, -0.05) is 13.8 Å². The summed E-state index contributed by atoms with van der Waals surface area (Å²) in [7, 11) is 0. The van der Waals surface area contributed by atoms with Gasteiger partial charge in [0.2, 0.25) is 0 Å². The minimum Gasteiger partial charge on any atom is -0.310 e. The van der Waals surface area contributed by atoms with E-state index in [0.717, 1.165) is 26.0 Å². The van der Waals surface area contributed by atoms with E-state index in [2.05, 4.69) is 73.8 Å². The van der Waals surface area contributed by atoms with E-state index in [0.29, 0.717) is 6.04 Å². The highest BCUT2D eigenvalue weighted by Crippen LogP contribution is 2.18. The summed E-state index contributed by atoms with van der Waals surface area (Å²) < 4.78 is 3.89. The fraction of sp³-hybridized carbons (Fsp3) is 0.333. The van der Waals surface area contributed by atoms with Crippen molar-refractivity contribution in [2.24, 2.45) is 0 Å². The minimum atomic E-state index is 0.439. The van der Waals surface area contributed by atoms with Crippen molar-refractivity contribution >= 4 is 38.5 Å². The Labute approximate surface area is 128 Å². The van der Waals surface area contributed by atoms with E-state index in [1.54, 1.807) is 6.20 Å². The SMILES string of the molecule is CC(C)NCc1cc(Br)cnc1-n1cc(I)cn1. The largest absolute Gasteiger partial charge is 0.310 e. The van der Waals surface area contributed by atoms with Crippen LogP contribution in [-0.2, 0) is 6.54 Å². The molecule has 96 valence electrons. The van der Waals surface area contributed by atoms with Crippen LogP contribution in [0.5, 0.6) is 0 Å². The van der Waals surface area contributed by atoms with Crippen molar-refractivity contribution in [2.45, 2.75) is 26.4 Å². The van der Waals surface area contributed by atoms with Gasteiger partial charge in [-0.15, -0.1) is 0 Å². The Morgan fingerprint density at radius 3 is 2.83 bits per heavy atom. The number of hydrogen-bond donors (Lipinski definition) is 1. The van der Waals surface area contributed by atoms with Gasteiger partial charge in [-0.3, -0.25) is 0 Å². The number of aromatic nitrogens is 3. The lowest BCUT2D eigenvalue weighted by Gasteiger charge is -2.12. The maximum atomic E-state index is 4.45. The van der Waals surface area contributed by atoms with Crippen LogP contribution >= 0.6 is 38.5 Å². The summed E-state index contributed by atoms with van der Waals surface area (Å²) >= 11 is 5.70. The van der Waals surface area contributed by atoms with Crippen LogP contribution in [-0.4, -0.2) is 20.8 Å². The number of pyridine rings is 1. The Hall–Kier alpha value is -0.470. The highest BCUT2D eigenvalue weighted by molar-refractivity contribution is 14.1. The molecule has 1 N–H and O–H groups in total. The Morgan fingerprint density at radius 1 is 1.44 bits per heavy atom. The first-order valence-corrected chi connectivity index (χ1v) is 7.52.